The van der Waals surface area contributed by atoms with Gasteiger partial charge in [0.25, 0.3) is 0 Å². The van der Waals surface area contributed by atoms with Crippen molar-refractivity contribution in [3.63, 3.8) is 0 Å². The molecule has 2 rings (SSSR count). The lowest BCUT2D eigenvalue weighted by atomic mass is 10.0. The van der Waals surface area contributed by atoms with Crippen molar-refractivity contribution in [2.75, 3.05) is 19.4 Å². The van der Waals surface area contributed by atoms with Crippen molar-refractivity contribution in [3.05, 3.63) is 33.8 Å². The molecule has 0 amide bonds. The smallest absolute Gasteiger partial charge is 0.216 e. The molecule has 4 nitrogen and oxygen atoms in total. The molecule has 19 heavy (non-hydrogen) atoms. The molecule has 1 atom stereocenters. The highest BCUT2D eigenvalue weighted by Crippen LogP contribution is 2.24. The van der Waals surface area contributed by atoms with Gasteiger partial charge in [-0.25, -0.2) is 8.42 Å². The van der Waals surface area contributed by atoms with E-state index in [0.717, 1.165) is 16.5 Å². The summed E-state index contributed by atoms with van der Waals surface area (Å²) in [5.74, 6) is 0.0371. The van der Waals surface area contributed by atoms with E-state index in [-0.39, 0.29) is 11.9 Å². The molecule has 0 spiro atoms. The summed E-state index contributed by atoms with van der Waals surface area (Å²) in [7, 11) is -1.72. The fourth-order valence-electron chi connectivity index (χ4n) is 2.20. The Hall–Kier alpha value is -0.430. The first kappa shape index (κ1) is 15.0. The number of nitrogens with zero attached hydrogens (tertiary/aromatic N) is 1. The van der Waals surface area contributed by atoms with Crippen LogP contribution in [0.2, 0.25) is 0 Å². The van der Waals surface area contributed by atoms with Gasteiger partial charge in [-0.2, -0.15) is 4.31 Å². The summed E-state index contributed by atoms with van der Waals surface area (Å²) in [6.45, 7) is 2.77. The van der Waals surface area contributed by atoms with E-state index in [0.29, 0.717) is 13.1 Å². The molecule has 0 N–H and O–H groups in total. The van der Waals surface area contributed by atoms with E-state index >= 15 is 0 Å². The zero-order valence-corrected chi connectivity index (χ0v) is 13.5. The van der Waals surface area contributed by atoms with Crippen LogP contribution in [0.25, 0.3) is 0 Å². The van der Waals surface area contributed by atoms with Gasteiger partial charge in [-0.3, -0.25) is 0 Å². The third-order valence-electron chi connectivity index (χ3n) is 3.39. The molecular formula is C13H18BrNO3S. The van der Waals surface area contributed by atoms with E-state index in [9.17, 15) is 8.42 Å². The molecule has 1 heterocycles. The van der Waals surface area contributed by atoms with Gasteiger partial charge in [-0.05, 0) is 36.6 Å². The van der Waals surface area contributed by atoms with Gasteiger partial charge in [-0.15, -0.1) is 0 Å². The van der Waals surface area contributed by atoms with Gasteiger partial charge in [0, 0.05) is 24.7 Å². The number of ether oxygens (including phenoxy) is 1. The van der Waals surface area contributed by atoms with Crippen LogP contribution in [0.4, 0.5) is 0 Å². The minimum Gasteiger partial charge on any atom is -0.381 e. The Kier molecular flexibility index (Phi) is 4.66. The number of sulfonamides is 1. The maximum atomic E-state index is 12.3. The fraction of sp³-hybridized carbons (Fsp3) is 0.538. The molecule has 1 aromatic rings. The predicted molar refractivity (Wildman–Crippen MR) is 78.5 cm³/mol. The SMILES string of the molecule is COC(C)CS(=O)(=O)N1CCc2cc(Br)ccc2C1. The number of methoxy groups -OCH3 is 1. The van der Waals surface area contributed by atoms with Crippen LogP contribution >= 0.6 is 15.9 Å². The third kappa shape index (κ3) is 3.56. The van der Waals surface area contributed by atoms with E-state index in [1.54, 1.807) is 11.2 Å². The molecule has 1 aromatic carbocycles. The van der Waals surface area contributed by atoms with Gasteiger partial charge in [0.05, 0.1) is 11.9 Å². The van der Waals surface area contributed by atoms with Crippen molar-refractivity contribution in [2.24, 2.45) is 0 Å². The van der Waals surface area contributed by atoms with Crippen molar-refractivity contribution in [1.82, 2.24) is 4.31 Å². The summed E-state index contributed by atoms with van der Waals surface area (Å²) < 4.78 is 32.2. The van der Waals surface area contributed by atoms with E-state index in [1.807, 2.05) is 12.1 Å². The highest BCUT2D eigenvalue weighted by atomic mass is 79.9. The van der Waals surface area contributed by atoms with Crippen molar-refractivity contribution in [1.29, 1.82) is 0 Å². The maximum Gasteiger partial charge on any atom is 0.216 e. The van der Waals surface area contributed by atoms with Crippen LogP contribution in [-0.4, -0.2) is 38.2 Å². The van der Waals surface area contributed by atoms with Gasteiger partial charge < -0.3 is 4.74 Å². The second-order valence-electron chi connectivity index (χ2n) is 4.82. The van der Waals surface area contributed by atoms with E-state index in [1.165, 1.54) is 12.7 Å². The summed E-state index contributed by atoms with van der Waals surface area (Å²) >= 11 is 3.44. The molecule has 0 aromatic heterocycles. The predicted octanol–water partition coefficient (Wildman–Crippen LogP) is 2.17. The highest BCUT2D eigenvalue weighted by Gasteiger charge is 2.28. The second-order valence-corrected chi connectivity index (χ2v) is 7.75. The average Bonchev–Trinajstić information content (AvgIpc) is 2.37. The molecular weight excluding hydrogens is 330 g/mol. The molecule has 1 unspecified atom stereocenters. The van der Waals surface area contributed by atoms with Crippen molar-refractivity contribution < 1.29 is 13.2 Å². The minimum absolute atomic E-state index is 0.0371. The molecule has 0 saturated carbocycles. The molecule has 0 fully saturated rings. The number of rotatable bonds is 4. The Labute approximate surface area is 122 Å². The number of benzene rings is 1. The lowest BCUT2D eigenvalue weighted by Gasteiger charge is -2.29. The zero-order valence-electron chi connectivity index (χ0n) is 11.1. The van der Waals surface area contributed by atoms with E-state index in [2.05, 4.69) is 22.0 Å². The van der Waals surface area contributed by atoms with Crippen molar-refractivity contribution >= 4 is 26.0 Å². The van der Waals surface area contributed by atoms with Crippen molar-refractivity contribution in [2.45, 2.75) is 26.0 Å². The van der Waals surface area contributed by atoms with E-state index < -0.39 is 10.0 Å². The van der Waals surface area contributed by atoms with Gasteiger partial charge >= 0.3 is 0 Å². The largest absolute Gasteiger partial charge is 0.381 e. The molecule has 0 aliphatic carbocycles. The number of fused-ring (bicyclic) bond motifs is 1. The molecule has 0 radical (unpaired) electrons. The third-order valence-corrected chi connectivity index (χ3v) is 5.87. The van der Waals surface area contributed by atoms with Gasteiger partial charge in [0.1, 0.15) is 0 Å². The molecule has 106 valence electrons. The van der Waals surface area contributed by atoms with E-state index in [4.69, 9.17) is 4.74 Å². The zero-order chi connectivity index (χ0) is 14.0. The first-order chi connectivity index (χ1) is 8.92. The van der Waals surface area contributed by atoms with Gasteiger partial charge in [-0.1, -0.05) is 22.0 Å². The van der Waals surface area contributed by atoms with Crippen LogP contribution in [0.1, 0.15) is 18.1 Å². The Balaban J connectivity index is 2.15. The summed E-state index contributed by atoms with van der Waals surface area (Å²) in [5.41, 5.74) is 2.31. The van der Waals surface area contributed by atoms with Crippen LogP contribution < -0.4 is 0 Å². The number of hydrogen-bond donors (Lipinski definition) is 0. The standard InChI is InChI=1S/C13H18BrNO3S/c1-10(18-2)9-19(16,17)15-6-5-11-7-13(14)4-3-12(11)8-15/h3-4,7,10H,5-6,8-9H2,1-2H3. The minimum atomic E-state index is -3.25. The Morgan fingerprint density at radius 3 is 2.84 bits per heavy atom. The Morgan fingerprint density at radius 2 is 2.16 bits per heavy atom. The quantitative estimate of drug-likeness (QED) is 0.838. The highest BCUT2D eigenvalue weighted by molar-refractivity contribution is 9.10. The lowest BCUT2D eigenvalue weighted by Crippen LogP contribution is -2.39. The number of halogens is 1. The summed E-state index contributed by atoms with van der Waals surface area (Å²) in [6.07, 6.45) is 0.478. The normalized spacial score (nSPS) is 18.1. The lowest BCUT2D eigenvalue weighted by molar-refractivity contribution is 0.135. The molecule has 1 aliphatic heterocycles. The molecule has 0 bridgehead atoms. The summed E-state index contributed by atoms with van der Waals surface area (Å²) in [5, 5.41) is 0. The average molecular weight is 348 g/mol. The summed E-state index contributed by atoms with van der Waals surface area (Å²) in [4.78, 5) is 0. The van der Waals surface area contributed by atoms with Crippen LogP contribution in [0.3, 0.4) is 0 Å². The maximum absolute atomic E-state index is 12.3. The first-order valence-corrected chi connectivity index (χ1v) is 8.60. The van der Waals surface area contributed by atoms with Gasteiger partial charge in [0.15, 0.2) is 0 Å². The summed E-state index contributed by atoms with van der Waals surface area (Å²) in [6, 6.07) is 6.00. The van der Waals surface area contributed by atoms with Crippen molar-refractivity contribution in [3.8, 4) is 0 Å². The second kappa shape index (κ2) is 5.91. The molecule has 0 saturated heterocycles. The van der Waals surface area contributed by atoms with Crippen LogP contribution in [0.15, 0.2) is 22.7 Å². The molecule has 1 aliphatic rings. The topological polar surface area (TPSA) is 46.6 Å². The van der Waals surface area contributed by atoms with Crippen LogP contribution in [0, 0.1) is 0 Å². The van der Waals surface area contributed by atoms with Crippen LogP contribution in [0.5, 0.6) is 0 Å². The fourth-order valence-corrected chi connectivity index (χ4v) is 4.26. The molecule has 6 heteroatoms. The monoisotopic (exact) mass is 347 g/mol. The van der Waals surface area contributed by atoms with Crippen LogP contribution in [-0.2, 0) is 27.7 Å². The number of hydrogen-bond acceptors (Lipinski definition) is 3. The first-order valence-electron chi connectivity index (χ1n) is 6.20. The van der Waals surface area contributed by atoms with Gasteiger partial charge in [0.2, 0.25) is 10.0 Å². The Morgan fingerprint density at radius 1 is 1.42 bits per heavy atom. The Bertz CT molecular complexity index is 559.